The van der Waals surface area contributed by atoms with E-state index in [-0.39, 0.29) is 6.04 Å². The fourth-order valence-corrected chi connectivity index (χ4v) is 2.67. The Hall–Kier alpha value is -1.15. The van der Waals surface area contributed by atoms with Crippen molar-refractivity contribution in [2.75, 3.05) is 52.7 Å². The maximum atomic E-state index is 11.5. The fraction of sp³-hybridized carbons (Fsp3) is 0.824. The predicted octanol–water partition coefficient (Wildman–Crippen LogP) is 1.86. The number of nitrogens with two attached hydrogens (primary N) is 1. The van der Waals surface area contributed by atoms with Crippen molar-refractivity contribution in [1.29, 1.82) is 0 Å². The smallest absolute Gasteiger partial charge is 0.407 e. The Morgan fingerprint density at radius 1 is 1.00 bits per heavy atom. The number of amides is 1. The minimum Gasteiger partial charge on any atom is -0.465 e. The summed E-state index contributed by atoms with van der Waals surface area (Å²) in [4.78, 5) is 13.0. The third-order valence-corrected chi connectivity index (χ3v) is 3.91. The summed E-state index contributed by atoms with van der Waals surface area (Å²) >= 11 is 0. The highest BCUT2D eigenvalue weighted by Gasteiger charge is 2.22. The van der Waals surface area contributed by atoms with Gasteiger partial charge in [-0.25, -0.2) is 4.79 Å². The Morgan fingerprint density at radius 3 is 2.29 bits per heavy atom. The zero-order chi connectivity index (χ0) is 17.5. The summed E-state index contributed by atoms with van der Waals surface area (Å²) < 4.78 is 16.0. The van der Waals surface area contributed by atoms with Crippen molar-refractivity contribution in [3.63, 3.8) is 0 Å². The van der Waals surface area contributed by atoms with Crippen molar-refractivity contribution in [2.45, 2.75) is 38.1 Å². The first-order valence-electron chi connectivity index (χ1n) is 8.83. The van der Waals surface area contributed by atoms with Crippen LogP contribution < -0.4 is 5.73 Å². The van der Waals surface area contributed by atoms with Crippen molar-refractivity contribution in [2.24, 2.45) is 5.73 Å². The van der Waals surface area contributed by atoms with E-state index in [1.165, 1.54) is 4.90 Å². The zero-order valence-electron chi connectivity index (χ0n) is 14.5. The van der Waals surface area contributed by atoms with Gasteiger partial charge in [0.15, 0.2) is 0 Å². The van der Waals surface area contributed by atoms with Gasteiger partial charge in [-0.2, -0.15) is 0 Å². The summed E-state index contributed by atoms with van der Waals surface area (Å²) in [5.74, 6) is 0. The van der Waals surface area contributed by atoms with Gasteiger partial charge in [-0.1, -0.05) is 12.2 Å². The highest BCUT2D eigenvalue weighted by molar-refractivity contribution is 5.65. The van der Waals surface area contributed by atoms with Gasteiger partial charge in [-0.15, -0.1) is 0 Å². The number of carbonyl (C=O) groups is 1. The van der Waals surface area contributed by atoms with Crippen molar-refractivity contribution in [3.8, 4) is 0 Å². The molecule has 0 saturated carbocycles. The first kappa shape index (κ1) is 20.9. The molecule has 0 aliphatic heterocycles. The molecule has 0 radical (unpaired) electrons. The van der Waals surface area contributed by atoms with Crippen molar-refractivity contribution >= 4 is 6.09 Å². The van der Waals surface area contributed by atoms with Crippen LogP contribution in [0.3, 0.4) is 0 Å². The van der Waals surface area contributed by atoms with Gasteiger partial charge < -0.3 is 30.0 Å². The van der Waals surface area contributed by atoms with Gasteiger partial charge in [0.1, 0.15) is 0 Å². The molecule has 0 aromatic carbocycles. The molecule has 1 rings (SSSR count). The number of hydrogen-bond acceptors (Lipinski definition) is 5. The third kappa shape index (κ3) is 9.87. The van der Waals surface area contributed by atoms with Gasteiger partial charge in [0.25, 0.3) is 0 Å². The molecule has 24 heavy (non-hydrogen) atoms. The quantitative estimate of drug-likeness (QED) is 0.414. The van der Waals surface area contributed by atoms with Crippen LogP contribution in [-0.4, -0.2) is 74.9 Å². The Balaban J connectivity index is 2.11. The van der Waals surface area contributed by atoms with Gasteiger partial charge in [0.2, 0.25) is 0 Å². The largest absolute Gasteiger partial charge is 0.465 e. The molecule has 0 saturated heterocycles. The van der Waals surface area contributed by atoms with Crippen LogP contribution in [-0.2, 0) is 14.2 Å². The number of hydrogen-bond donors (Lipinski definition) is 2. The van der Waals surface area contributed by atoms with Crippen LogP contribution >= 0.6 is 0 Å². The van der Waals surface area contributed by atoms with E-state index < -0.39 is 6.09 Å². The second-order valence-corrected chi connectivity index (χ2v) is 5.74. The topological polar surface area (TPSA) is 94.3 Å². The molecule has 3 N–H and O–H groups in total. The van der Waals surface area contributed by atoms with Gasteiger partial charge >= 0.3 is 6.09 Å². The summed E-state index contributed by atoms with van der Waals surface area (Å²) in [7, 11) is 0. The Kier molecular flexibility index (Phi) is 12.4. The first-order chi connectivity index (χ1) is 11.8. The summed E-state index contributed by atoms with van der Waals surface area (Å²) in [5, 5.41) is 9.44. The van der Waals surface area contributed by atoms with E-state index >= 15 is 0 Å². The molecule has 1 amide bonds. The normalized spacial score (nSPS) is 19.5. The van der Waals surface area contributed by atoms with Crippen LogP contribution in [0.4, 0.5) is 4.79 Å². The molecule has 140 valence electrons. The number of carboxylic acid groups (broad SMARTS) is 1. The number of allylic oxidation sites excluding steroid dienone is 2. The molecule has 0 aromatic heterocycles. The van der Waals surface area contributed by atoms with Crippen molar-refractivity contribution in [1.82, 2.24) is 4.90 Å². The molecule has 0 bridgehead atoms. The molecule has 7 heteroatoms. The minimum atomic E-state index is -0.860. The zero-order valence-corrected chi connectivity index (χ0v) is 14.5. The Labute approximate surface area is 144 Å². The monoisotopic (exact) mass is 344 g/mol. The van der Waals surface area contributed by atoms with E-state index in [1.54, 1.807) is 0 Å². The van der Waals surface area contributed by atoms with E-state index in [4.69, 9.17) is 19.9 Å². The summed E-state index contributed by atoms with van der Waals surface area (Å²) in [5.41, 5.74) is 5.31. The van der Waals surface area contributed by atoms with Crippen LogP contribution in [0.2, 0.25) is 0 Å². The van der Waals surface area contributed by atoms with Crippen LogP contribution in [0, 0.1) is 0 Å². The molecular weight excluding hydrogens is 312 g/mol. The molecular formula is C17H32N2O5. The Morgan fingerprint density at radius 2 is 1.62 bits per heavy atom. The molecule has 1 aliphatic carbocycles. The van der Waals surface area contributed by atoms with E-state index in [2.05, 4.69) is 12.2 Å². The third-order valence-electron chi connectivity index (χ3n) is 3.91. The lowest BCUT2D eigenvalue weighted by atomic mass is 10.00. The first-order valence-corrected chi connectivity index (χ1v) is 8.83. The number of nitrogens with zero attached hydrogens (tertiary/aromatic N) is 1. The molecule has 0 fully saturated rings. The SMILES string of the molecule is NCCOCCOCCOCCN(C(=O)O)C1CC/C=C/CCC1. The van der Waals surface area contributed by atoms with E-state index in [9.17, 15) is 9.90 Å². The molecule has 0 heterocycles. The molecule has 0 spiro atoms. The predicted molar refractivity (Wildman–Crippen MR) is 92.3 cm³/mol. The average molecular weight is 344 g/mol. The minimum absolute atomic E-state index is 0.0898. The van der Waals surface area contributed by atoms with E-state index in [0.717, 1.165) is 32.1 Å². The maximum Gasteiger partial charge on any atom is 0.407 e. The lowest BCUT2D eigenvalue weighted by molar-refractivity contribution is 0.00975. The van der Waals surface area contributed by atoms with E-state index in [1.807, 2.05) is 0 Å². The molecule has 0 aromatic rings. The average Bonchev–Trinajstić information content (AvgIpc) is 2.53. The lowest BCUT2D eigenvalue weighted by Gasteiger charge is -2.30. The summed E-state index contributed by atoms with van der Waals surface area (Å²) in [6, 6.07) is 0.0898. The number of ether oxygens (including phenoxy) is 3. The van der Waals surface area contributed by atoms with Crippen LogP contribution in [0.1, 0.15) is 32.1 Å². The highest BCUT2D eigenvalue weighted by atomic mass is 16.5. The molecule has 1 atom stereocenters. The number of rotatable bonds is 12. The van der Waals surface area contributed by atoms with Gasteiger partial charge in [-0.3, -0.25) is 0 Å². The van der Waals surface area contributed by atoms with Crippen molar-refractivity contribution < 1.29 is 24.1 Å². The van der Waals surface area contributed by atoms with Crippen LogP contribution in [0.5, 0.6) is 0 Å². The van der Waals surface area contributed by atoms with Crippen LogP contribution in [0.15, 0.2) is 12.2 Å². The van der Waals surface area contributed by atoms with E-state index in [0.29, 0.717) is 52.7 Å². The van der Waals surface area contributed by atoms with Gasteiger partial charge in [-0.05, 0) is 32.1 Å². The molecule has 1 aliphatic rings. The molecule has 7 nitrogen and oxygen atoms in total. The Bertz CT molecular complexity index is 352. The second kappa shape index (κ2) is 14.2. The second-order valence-electron chi connectivity index (χ2n) is 5.74. The fourth-order valence-electron chi connectivity index (χ4n) is 2.67. The lowest BCUT2D eigenvalue weighted by Crippen LogP contribution is -2.41. The highest BCUT2D eigenvalue weighted by Crippen LogP contribution is 2.18. The van der Waals surface area contributed by atoms with Crippen LogP contribution in [0.25, 0.3) is 0 Å². The van der Waals surface area contributed by atoms with Crippen molar-refractivity contribution in [3.05, 3.63) is 12.2 Å². The molecule has 1 unspecified atom stereocenters. The van der Waals surface area contributed by atoms with Gasteiger partial charge in [0.05, 0.1) is 39.6 Å². The standard InChI is InChI=1S/C17H32N2O5/c18-8-10-22-12-14-24-15-13-23-11-9-19(17(20)21)16-6-4-2-1-3-5-7-16/h1-2,16H,3-15,18H2,(H,20,21)/b2-1+. The summed E-state index contributed by atoms with van der Waals surface area (Å²) in [6.45, 7) is 3.84. The maximum absolute atomic E-state index is 11.5. The van der Waals surface area contributed by atoms with Gasteiger partial charge in [0, 0.05) is 19.1 Å². The summed E-state index contributed by atoms with van der Waals surface area (Å²) in [6.07, 6.45) is 8.29.